The topological polar surface area (TPSA) is 88.8 Å². The average Bonchev–Trinajstić information content (AvgIpc) is 3.55. The number of carbonyl (C=O) groups is 1. The second-order valence-electron chi connectivity index (χ2n) is 8.00. The summed E-state index contributed by atoms with van der Waals surface area (Å²) in [6.07, 6.45) is 6.63. The molecule has 1 amide bonds. The predicted octanol–water partition coefficient (Wildman–Crippen LogP) is 4.53. The van der Waals surface area contributed by atoms with E-state index in [1.807, 2.05) is 36.1 Å². The summed E-state index contributed by atoms with van der Waals surface area (Å²) in [7, 11) is -3.66. The van der Waals surface area contributed by atoms with Crippen LogP contribution in [0, 0.1) is 0 Å². The van der Waals surface area contributed by atoms with E-state index < -0.39 is 10.0 Å². The zero-order valence-corrected chi connectivity index (χ0v) is 19.8. The predicted molar refractivity (Wildman–Crippen MR) is 130 cm³/mol. The van der Waals surface area contributed by atoms with E-state index in [9.17, 15) is 13.2 Å². The van der Waals surface area contributed by atoms with Crippen molar-refractivity contribution < 1.29 is 22.4 Å². The fraction of sp³-hybridized carbons (Fsp3) is 0.269. The molecular weight excluding hydrogens is 452 g/mol. The summed E-state index contributed by atoms with van der Waals surface area (Å²) in [4.78, 5) is 14.9. The van der Waals surface area contributed by atoms with E-state index in [2.05, 4.69) is 4.72 Å². The van der Waals surface area contributed by atoms with Crippen LogP contribution in [0.4, 0.5) is 0 Å². The van der Waals surface area contributed by atoms with Crippen LogP contribution in [0.5, 0.6) is 5.75 Å². The maximum atomic E-state index is 12.9. The highest BCUT2D eigenvalue weighted by Crippen LogP contribution is 2.33. The number of furan rings is 1. The third-order valence-electron chi connectivity index (χ3n) is 5.74. The number of nitrogens with one attached hydrogen (secondary N) is 1. The van der Waals surface area contributed by atoms with Crippen LogP contribution in [-0.2, 0) is 21.4 Å². The molecule has 4 rings (SSSR count). The molecule has 1 aromatic heterocycles. The first-order valence-electron chi connectivity index (χ1n) is 11.3. The van der Waals surface area contributed by atoms with Crippen molar-refractivity contribution >= 4 is 22.0 Å². The second kappa shape index (κ2) is 10.7. The van der Waals surface area contributed by atoms with E-state index in [4.69, 9.17) is 9.15 Å². The Morgan fingerprint density at radius 2 is 1.91 bits per heavy atom. The van der Waals surface area contributed by atoms with Gasteiger partial charge in [0.15, 0.2) is 0 Å². The molecule has 2 aromatic carbocycles. The van der Waals surface area contributed by atoms with Gasteiger partial charge >= 0.3 is 0 Å². The van der Waals surface area contributed by atoms with Crippen molar-refractivity contribution in [3.05, 3.63) is 89.9 Å². The minimum Gasteiger partial charge on any atom is -0.494 e. The molecule has 178 valence electrons. The van der Waals surface area contributed by atoms with Gasteiger partial charge in [-0.15, -0.1) is 0 Å². The third-order valence-corrected chi connectivity index (χ3v) is 7.15. The van der Waals surface area contributed by atoms with Crippen molar-refractivity contribution in [1.29, 1.82) is 0 Å². The summed E-state index contributed by atoms with van der Waals surface area (Å²) >= 11 is 0. The molecule has 0 bridgehead atoms. The molecule has 1 unspecified atom stereocenters. The highest BCUT2D eigenvalue weighted by Gasteiger charge is 2.28. The first kappa shape index (κ1) is 23.8. The number of benzene rings is 2. The fourth-order valence-corrected chi connectivity index (χ4v) is 5.01. The van der Waals surface area contributed by atoms with Crippen LogP contribution in [0.25, 0.3) is 6.08 Å². The summed E-state index contributed by atoms with van der Waals surface area (Å²) in [5.41, 5.74) is 1.84. The maximum Gasteiger partial charge on any atom is 0.247 e. The zero-order chi connectivity index (χ0) is 24.0. The highest BCUT2D eigenvalue weighted by atomic mass is 32.2. The normalized spacial score (nSPS) is 16.3. The number of sulfonamides is 1. The van der Waals surface area contributed by atoms with Crippen LogP contribution in [-0.4, -0.2) is 32.4 Å². The molecule has 1 fully saturated rings. The summed E-state index contributed by atoms with van der Waals surface area (Å²) < 4.78 is 38.1. The monoisotopic (exact) mass is 480 g/mol. The van der Waals surface area contributed by atoms with Gasteiger partial charge in [0.05, 0.1) is 30.4 Å². The second-order valence-corrected chi connectivity index (χ2v) is 9.76. The Labute approximate surface area is 200 Å². The van der Waals surface area contributed by atoms with Gasteiger partial charge in [-0.05, 0) is 73.4 Å². The molecule has 8 heteroatoms. The van der Waals surface area contributed by atoms with Crippen molar-refractivity contribution in [3.63, 3.8) is 0 Å². The smallest absolute Gasteiger partial charge is 0.247 e. The van der Waals surface area contributed by atoms with Gasteiger partial charge in [-0.25, -0.2) is 13.1 Å². The molecule has 1 aliphatic rings. The van der Waals surface area contributed by atoms with Crippen LogP contribution in [0.3, 0.4) is 0 Å². The van der Waals surface area contributed by atoms with Crippen LogP contribution in [0.1, 0.15) is 42.7 Å². The van der Waals surface area contributed by atoms with E-state index >= 15 is 0 Å². The molecule has 1 aliphatic heterocycles. The highest BCUT2D eigenvalue weighted by molar-refractivity contribution is 7.89. The van der Waals surface area contributed by atoms with Crippen molar-refractivity contribution in [2.24, 2.45) is 0 Å². The molecular formula is C26H28N2O5S. The molecule has 1 saturated heterocycles. The number of amides is 1. The van der Waals surface area contributed by atoms with E-state index in [0.717, 1.165) is 29.7 Å². The van der Waals surface area contributed by atoms with E-state index in [0.29, 0.717) is 18.9 Å². The Morgan fingerprint density at radius 1 is 1.15 bits per heavy atom. The average molecular weight is 481 g/mol. The first-order chi connectivity index (χ1) is 16.5. The number of hydrogen-bond donors (Lipinski definition) is 1. The number of hydrogen-bond acceptors (Lipinski definition) is 5. The Hall–Kier alpha value is -3.36. The van der Waals surface area contributed by atoms with Crippen LogP contribution < -0.4 is 9.46 Å². The van der Waals surface area contributed by atoms with Gasteiger partial charge in [0, 0.05) is 12.6 Å². The summed E-state index contributed by atoms with van der Waals surface area (Å²) in [5, 5.41) is 0. The number of likely N-dealkylation sites (tertiary alicyclic amines) is 1. The van der Waals surface area contributed by atoms with Gasteiger partial charge in [0.2, 0.25) is 15.9 Å². The maximum absolute atomic E-state index is 12.9. The first-order valence-corrected chi connectivity index (χ1v) is 12.8. The molecule has 0 spiro atoms. The molecule has 1 atom stereocenters. The van der Waals surface area contributed by atoms with Crippen molar-refractivity contribution in [2.45, 2.75) is 37.2 Å². The van der Waals surface area contributed by atoms with Crippen LogP contribution >= 0.6 is 0 Å². The summed E-state index contributed by atoms with van der Waals surface area (Å²) in [6.45, 7) is 3.35. The Kier molecular flexibility index (Phi) is 7.49. The lowest BCUT2D eigenvalue weighted by atomic mass is 10.0. The van der Waals surface area contributed by atoms with Crippen molar-refractivity contribution in [3.8, 4) is 5.75 Å². The van der Waals surface area contributed by atoms with Gasteiger partial charge in [0.25, 0.3) is 0 Å². The summed E-state index contributed by atoms with van der Waals surface area (Å²) in [6, 6.07) is 17.8. The van der Waals surface area contributed by atoms with Crippen LogP contribution in [0.15, 0.2) is 82.3 Å². The SMILES string of the molecule is CCOc1ccc(C2CCCN2C(=O)/C=C/c2ccc(S(=O)(=O)NCc3ccco3)cc2)cc1. The molecule has 7 nitrogen and oxygen atoms in total. The molecule has 0 radical (unpaired) electrons. The molecule has 3 aromatic rings. The van der Waals surface area contributed by atoms with E-state index in [1.165, 1.54) is 18.4 Å². The van der Waals surface area contributed by atoms with Crippen molar-refractivity contribution in [1.82, 2.24) is 9.62 Å². The fourth-order valence-electron chi connectivity index (χ4n) is 4.01. The lowest BCUT2D eigenvalue weighted by Gasteiger charge is -2.24. The quantitative estimate of drug-likeness (QED) is 0.455. The largest absolute Gasteiger partial charge is 0.494 e. The van der Waals surface area contributed by atoms with E-state index in [1.54, 1.807) is 36.4 Å². The van der Waals surface area contributed by atoms with Gasteiger partial charge in [-0.1, -0.05) is 24.3 Å². The third kappa shape index (κ3) is 5.76. The number of carbonyl (C=O) groups excluding carboxylic acids is 1. The van der Waals surface area contributed by atoms with Gasteiger partial charge in [-0.2, -0.15) is 0 Å². The molecule has 1 N–H and O–H groups in total. The van der Waals surface area contributed by atoms with Crippen LogP contribution in [0.2, 0.25) is 0 Å². The molecule has 0 saturated carbocycles. The van der Waals surface area contributed by atoms with E-state index in [-0.39, 0.29) is 23.4 Å². The standard InChI is InChI=1S/C26H28N2O5S/c1-2-32-22-12-10-21(11-13-22)25-6-3-17-28(25)26(29)16-9-20-7-14-24(15-8-20)34(30,31)27-19-23-5-4-18-33-23/h4-5,7-16,18,25,27H,2-3,6,17,19H2,1H3/b16-9+. The molecule has 34 heavy (non-hydrogen) atoms. The Balaban J connectivity index is 1.38. The zero-order valence-electron chi connectivity index (χ0n) is 19.0. The minimum atomic E-state index is -3.66. The summed E-state index contributed by atoms with van der Waals surface area (Å²) in [5.74, 6) is 1.30. The molecule has 2 heterocycles. The Morgan fingerprint density at radius 3 is 2.59 bits per heavy atom. The lowest BCUT2D eigenvalue weighted by Crippen LogP contribution is -2.28. The number of rotatable bonds is 9. The minimum absolute atomic E-state index is 0.0422. The molecule has 0 aliphatic carbocycles. The number of ether oxygens (including phenoxy) is 1. The lowest BCUT2D eigenvalue weighted by molar-refractivity contribution is -0.126. The van der Waals surface area contributed by atoms with Gasteiger partial charge < -0.3 is 14.1 Å². The van der Waals surface area contributed by atoms with Gasteiger partial charge in [-0.3, -0.25) is 4.79 Å². The van der Waals surface area contributed by atoms with Crippen molar-refractivity contribution in [2.75, 3.05) is 13.2 Å². The Bertz CT molecular complexity index is 1220. The number of nitrogens with zero attached hydrogens (tertiary/aromatic N) is 1. The van der Waals surface area contributed by atoms with Gasteiger partial charge in [0.1, 0.15) is 11.5 Å².